The standard InChI is InChI=1S/C15H18FN3/c1-2-18-14-9-15(11-17-10-14)19-8-7-12-3-5-13(16)6-4-12/h3-6,9-11,18-19H,2,7-8H2,1H3. The van der Waals surface area contributed by atoms with Gasteiger partial charge in [0.05, 0.1) is 23.8 Å². The van der Waals surface area contributed by atoms with E-state index in [2.05, 4.69) is 22.5 Å². The molecule has 0 aliphatic rings. The smallest absolute Gasteiger partial charge is 0.123 e. The minimum absolute atomic E-state index is 0.195. The average molecular weight is 259 g/mol. The van der Waals surface area contributed by atoms with Gasteiger partial charge in [-0.1, -0.05) is 12.1 Å². The lowest BCUT2D eigenvalue weighted by Crippen LogP contribution is -2.06. The van der Waals surface area contributed by atoms with Crippen molar-refractivity contribution in [1.29, 1.82) is 0 Å². The van der Waals surface area contributed by atoms with Gasteiger partial charge in [0.2, 0.25) is 0 Å². The van der Waals surface area contributed by atoms with Crippen molar-refractivity contribution in [2.75, 3.05) is 23.7 Å². The highest BCUT2D eigenvalue weighted by Gasteiger charge is 1.97. The summed E-state index contributed by atoms with van der Waals surface area (Å²) < 4.78 is 12.8. The molecule has 0 atom stereocenters. The summed E-state index contributed by atoms with van der Waals surface area (Å²) in [6.07, 6.45) is 4.45. The van der Waals surface area contributed by atoms with Gasteiger partial charge in [0, 0.05) is 13.1 Å². The Morgan fingerprint density at radius 2 is 1.74 bits per heavy atom. The quantitative estimate of drug-likeness (QED) is 0.835. The Morgan fingerprint density at radius 1 is 1.05 bits per heavy atom. The van der Waals surface area contributed by atoms with Crippen LogP contribution in [0.4, 0.5) is 15.8 Å². The molecular formula is C15H18FN3. The molecular weight excluding hydrogens is 241 g/mol. The third-order valence-electron chi connectivity index (χ3n) is 2.78. The van der Waals surface area contributed by atoms with Crippen molar-refractivity contribution in [2.24, 2.45) is 0 Å². The molecule has 100 valence electrons. The van der Waals surface area contributed by atoms with E-state index in [1.165, 1.54) is 12.1 Å². The van der Waals surface area contributed by atoms with E-state index >= 15 is 0 Å². The van der Waals surface area contributed by atoms with Gasteiger partial charge in [0.15, 0.2) is 0 Å². The van der Waals surface area contributed by atoms with Gasteiger partial charge >= 0.3 is 0 Å². The molecule has 0 aliphatic heterocycles. The number of pyridine rings is 1. The van der Waals surface area contributed by atoms with Gasteiger partial charge in [-0.25, -0.2) is 4.39 Å². The molecule has 19 heavy (non-hydrogen) atoms. The molecule has 0 radical (unpaired) electrons. The molecule has 2 aromatic rings. The number of nitrogens with zero attached hydrogens (tertiary/aromatic N) is 1. The summed E-state index contributed by atoms with van der Waals surface area (Å²) in [7, 11) is 0. The molecule has 0 bridgehead atoms. The highest BCUT2D eigenvalue weighted by molar-refractivity contribution is 5.53. The minimum Gasteiger partial charge on any atom is -0.384 e. The number of aromatic nitrogens is 1. The Morgan fingerprint density at radius 3 is 2.42 bits per heavy atom. The topological polar surface area (TPSA) is 37.0 Å². The fraction of sp³-hybridized carbons (Fsp3) is 0.267. The molecule has 0 saturated heterocycles. The number of halogens is 1. The van der Waals surface area contributed by atoms with Gasteiger partial charge in [-0.15, -0.1) is 0 Å². The summed E-state index contributed by atoms with van der Waals surface area (Å²) in [5.41, 5.74) is 3.11. The number of hydrogen-bond donors (Lipinski definition) is 2. The highest BCUT2D eigenvalue weighted by atomic mass is 19.1. The molecule has 0 unspecified atom stereocenters. The lowest BCUT2D eigenvalue weighted by Gasteiger charge is -2.08. The molecule has 1 heterocycles. The molecule has 3 nitrogen and oxygen atoms in total. The molecule has 0 spiro atoms. The van der Waals surface area contributed by atoms with Crippen LogP contribution in [0.15, 0.2) is 42.7 Å². The third kappa shape index (κ3) is 4.25. The normalized spacial score (nSPS) is 10.2. The number of anilines is 2. The van der Waals surface area contributed by atoms with Crippen molar-refractivity contribution < 1.29 is 4.39 Å². The predicted octanol–water partition coefficient (Wildman–Crippen LogP) is 3.31. The first-order valence-electron chi connectivity index (χ1n) is 6.45. The number of benzene rings is 1. The zero-order valence-corrected chi connectivity index (χ0v) is 11.0. The Kier molecular flexibility index (Phi) is 4.72. The highest BCUT2D eigenvalue weighted by Crippen LogP contribution is 2.12. The first-order valence-corrected chi connectivity index (χ1v) is 6.45. The fourth-order valence-corrected chi connectivity index (χ4v) is 1.84. The maximum absolute atomic E-state index is 12.8. The van der Waals surface area contributed by atoms with E-state index in [9.17, 15) is 4.39 Å². The molecule has 0 saturated carbocycles. The van der Waals surface area contributed by atoms with Crippen LogP contribution in [0.25, 0.3) is 0 Å². The van der Waals surface area contributed by atoms with E-state index in [-0.39, 0.29) is 5.82 Å². The largest absolute Gasteiger partial charge is 0.384 e. The summed E-state index contributed by atoms with van der Waals surface area (Å²) in [4.78, 5) is 4.17. The van der Waals surface area contributed by atoms with E-state index in [0.717, 1.165) is 36.4 Å². The Labute approximate surface area is 112 Å². The minimum atomic E-state index is -0.195. The van der Waals surface area contributed by atoms with E-state index in [0.29, 0.717) is 0 Å². The van der Waals surface area contributed by atoms with Crippen LogP contribution in [0, 0.1) is 5.82 Å². The SMILES string of the molecule is CCNc1cncc(NCCc2ccc(F)cc2)c1. The van der Waals surface area contributed by atoms with Crippen LogP contribution in [-0.2, 0) is 6.42 Å². The maximum Gasteiger partial charge on any atom is 0.123 e. The monoisotopic (exact) mass is 259 g/mol. The van der Waals surface area contributed by atoms with E-state index in [4.69, 9.17) is 0 Å². The van der Waals surface area contributed by atoms with Crippen LogP contribution >= 0.6 is 0 Å². The molecule has 4 heteroatoms. The molecule has 2 N–H and O–H groups in total. The zero-order chi connectivity index (χ0) is 13.5. The molecule has 2 rings (SSSR count). The van der Waals surface area contributed by atoms with Crippen molar-refractivity contribution in [3.63, 3.8) is 0 Å². The zero-order valence-electron chi connectivity index (χ0n) is 11.0. The summed E-state index contributed by atoms with van der Waals surface area (Å²) >= 11 is 0. The molecule has 1 aromatic heterocycles. The number of nitrogens with one attached hydrogen (secondary N) is 2. The summed E-state index contributed by atoms with van der Waals surface area (Å²) in [6.45, 7) is 3.72. The van der Waals surface area contributed by atoms with Crippen LogP contribution in [0.5, 0.6) is 0 Å². The van der Waals surface area contributed by atoms with Crippen LogP contribution < -0.4 is 10.6 Å². The summed E-state index contributed by atoms with van der Waals surface area (Å²) in [5.74, 6) is -0.195. The van der Waals surface area contributed by atoms with E-state index in [1.807, 2.05) is 18.2 Å². The first kappa shape index (κ1) is 13.3. The number of rotatable bonds is 6. The van der Waals surface area contributed by atoms with Crippen molar-refractivity contribution in [3.05, 3.63) is 54.1 Å². The van der Waals surface area contributed by atoms with E-state index in [1.54, 1.807) is 12.4 Å². The van der Waals surface area contributed by atoms with Crippen LogP contribution in [0.3, 0.4) is 0 Å². The van der Waals surface area contributed by atoms with Crippen LogP contribution in [-0.4, -0.2) is 18.1 Å². The van der Waals surface area contributed by atoms with Gasteiger partial charge in [0.1, 0.15) is 5.82 Å². The van der Waals surface area contributed by atoms with Gasteiger partial charge in [0.25, 0.3) is 0 Å². The van der Waals surface area contributed by atoms with Gasteiger partial charge in [-0.05, 0) is 37.1 Å². The van der Waals surface area contributed by atoms with Crippen molar-refractivity contribution in [3.8, 4) is 0 Å². The number of hydrogen-bond acceptors (Lipinski definition) is 3. The van der Waals surface area contributed by atoms with Crippen molar-refractivity contribution in [1.82, 2.24) is 4.98 Å². The summed E-state index contributed by atoms with van der Waals surface area (Å²) in [5, 5.41) is 6.53. The molecule has 0 aliphatic carbocycles. The lowest BCUT2D eigenvalue weighted by atomic mass is 10.1. The molecule has 0 amide bonds. The van der Waals surface area contributed by atoms with Crippen LogP contribution in [0.1, 0.15) is 12.5 Å². The predicted molar refractivity (Wildman–Crippen MR) is 77.0 cm³/mol. The molecule has 0 fully saturated rings. The lowest BCUT2D eigenvalue weighted by molar-refractivity contribution is 0.627. The fourth-order valence-electron chi connectivity index (χ4n) is 1.84. The van der Waals surface area contributed by atoms with Gasteiger partial charge < -0.3 is 10.6 Å². The van der Waals surface area contributed by atoms with Gasteiger partial charge in [-0.3, -0.25) is 4.98 Å². The Hall–Kier alpha value is -2.10. The van der Waals surface area contributed by atoms with Gasteiger partial charge in [-0.2, -0.15) is 0 Å². The van der Waals surface area contributed by atoms with Crippen LogP contribution in [0.2, 0.25) is 0 Å². The second kappa shape index (κ2) is 6.73. The van der Waals surface area contributed by atoms with E-state index < -0.39 is 0 Å². The van der Waals surface area contributed by atoms with Crippen molar-refractivity contribution in [2.45, 2.75) is 13.3 Å². The Balaban J connectivity index is 1.85. The second-order valence-electron chi connectivity index (χ2n) is 4.30. The Bertz CT molecular complexity index is 511. The molecule has 1 aromatic carbocycles. The third-order valence-corrected chi connectivity index (χ3v) is 2.78. The average Bonchev–Trinajstić information content (AvgIpc) is 2.42. The summed E-state index contributed by atoms with van der Waals surface area (Å²) in [6, 6.07) is 8.63. The second-order valence-corrected chi connectivity index (χ2v) is 4.30. The maximum atomic E-state index is 12.8. The first-order chi connectivity index (χ1) is 9.28. The van der Waals surface area contributed by atoms with Crippen molar-refractivity contribution >= 4 is 11.4 Å².